The predicted molar refractivity (Wildman–Crippen MR) is 61.2 cm³/mol. The van der Waals surface area contributed by atoms with E-state index in [1.54, 1.807) is 0 Å². The van der Waals surface area contributed by atoms with Crippen molar-refractivity contribution in [3.05, 3.63) is 69.8 Å². The van der Waals surface area contributed by atoms with Crippen molar-refractivity contribution in [3.63, 3.8) is 0 Å². The van der Waals surface area contributed by atoms with Crippen LogP contribution >= 0.6 is 0 Å². The largest absolute Gasteiger partial charge is 0.358 e. The Morgan fingerprint density at radius 1 is 0.733 bits per heavy atom. The van der Waals surface area contributed by atoms with Crippen LogP contribution in [0, 0.1) is 93.0 Å². The molecule has 0 saturated carbocycles. The third-order valence-electron chi connectivity index (χ3n) is 1.81. The minimum Gasteiger partial charge on any atom is -0.358 e. The van der Waals surface area contributed by atoms with Crippen molar-refractivity contribution < 1.29 is 71.2 Å². The summed E-state index contributed by atoms with van der Waals surface area (Å²) in [6, 6.07) is 14.5. The molecule has 0 aromatic heterocycles. The van der Waals surface area contributed by atoms with Gasteiger partial charge in [-0.3, -0.25) is 0 Å². The molecule has 2 rings (SSSR count). The van der Waals surface area contributed by atoms with Crippen molar-refractivity contribution in [1.29, 1.82) is 0 Å². The topological polar surface area (TPSA) is 0 Å². The third kappa shape index (κ3) is 5.72. The van der Waals surface area contributed by atoms with Crippen LogP contribution in [0.5, 0.6) is 0 Å². The van der Waals surface area contributed by atoms with E-state index in [0.29, 0.717) is 0 Å². The number of benzene rings is 2. The van der Waals surface area contributed by atoms with Crippen molar-refractivity contribution >= 4 is 10.8 Å². The van der Waals surface area contributed by atoms with E-state index in [1.165, 1.54) is 10.8 Å². The number of fused-ring (bicyclic) bond motifs is 1. The zero-order valence-electron chi connectivity index (χ0n) is 9.40. The van der Waals surface area contributed by atoms with E-state index in [1.807, 2.05) is 18.2 Å². The summed E-state index contributed by atoms with van der Waals surface area (Å²) in [7, 11) is 0. The van der Waals surface area contributed by atoms with Crippen molar-refractivity contribution in [3.8, 4) is 0 Å². The molecule has 0 saturated heterocycles. The molecule has 15 heavy (non-hydrogen) atoms. The first kappa shape index (κ1) is 21.3. The van der Waals surface area contributed by atoms with Crippen molar-refractivity contribution in [1.82, 2.24) is 0 Å². The fourth-order valence-electron chi connectivity index (χ4n) is 1.24. The van der Waals surface area contributed by atoms with Crippen LogP contribution in [0.4, 0.5) is 0 Å². The van der Waals surface area contributed by atoms with Crippen LogP contribution in [-0.4, -0.2) is 0 Å². The van der Waals surface area contributed by atoms with Gasteiger partial charge in [0.05, 0.1) is 0 Å². The fraction of sp³-hybridized carbons (Fsp3) is 0. The predicted octanol–water partition coefficient (Wildman–Crippen LogP) is 3.92. The van der Waals surface area contributed by atoms with Crippen LogP contribution in [0.1, 0.15) is 5.56 Å². The molecule has 2 aromatic carbocycles. The van der Waals surface area contributed by atoms with Gasteiger partial charge in [0.15, 0.2) is 0 Å². The molecule has 0 aliphatic carbocycles. The molecular weight excluding hydrogens is 434 g/mol. The summed E-state index contributed by atoms with van der Waals surface area (Å²) >= 11 is 0. The molecule has 76 valence electrons. The first-order valence-electron chi connectivity index (χ1n) is 3.67. The second-order valence-electron chi connectivity index (χ2n) is 2.68. The van der Waals surface area contributed by atoms with Crippen LogP contribution in [0.25, 0.3) is 10.8 Å². The van der Waals surface area contributed by atoms with Gasteiger partial charge in [-0.25, -0.2) is 0 Å². The number of hydrogen-bond acceptors (Lipinski definition) is 0. The van der Waals surface area contributed by atoms with Crippen LogP contribution in [-0.2, 0) is 0 Å². The van der Waals surface area contributed by atoms with Gasteiger partial charge < -0.3 is 14.9 Å². The van der Waals surface area contributed by atoms with Gasteiger partial charge in [-0.1, -0.05) is 29.7 Å². The van der Waals surface area contributed by atoms with Gasteiger partial charge in [-0.05, 0) is 5.39 Å². The van der Waals surface area contributed by atoms with Gasteiger partial charge in [-0.15, -0.1) is 6.07 Å². The third-order valence-corrected chi connectivity index (χ3v) is 1.81. The van der Waals surface area contributed by atoms with Gasteiger partial charge in [0.1, 0.15) is 0 Å². The van der Waals surface area contributed by atoms with Crippen molar-refractivity contribution in [2.75, 3.05) is 0 Å². The maximum Gasteiger partial charge on any atom is 0 e. The molecule has 0 fully saturated rings. The monoisotopic (exact) mass is 449 g/mol. The summed E-state index contributed by atoms with van der Waals surface area (Å²) in [5.74, 6) is 0. The normalized spacial score (nSPS) is 7.47. The Morgan fingerprint density at radius 3 is 1.87 bits per heavy atom. The van der Waals surface area contributed by atoms with Crippen LogP contribution in [0.15, 0.2) is 42.5 Å². The van der Waals surface area contributed by atoms with E-state index in [0.717, 1.165) is 5.56 Å². The van der Waals surface area contributed by atoms with E-state index in [-0.39, 0.29) is 86.1 Å². The molecule has 2 aromatic rings. The Hall–Kier alpha value is 0.960. The Bertz CT molecular complexity index is 383. The Labute approximate surface area is 149 Å². The van der Waals surface area contributed by atoms with E-state index in [2.05, 4.69) is 31.2 Å². The Balaban J connectivity index is -0.000000360. The Morgan fingerprint density at radius 2 is 1.27 bits per heavy atom. The molecule has 0 aliphatic heterocycles. The second-order valence-corrected chi connectivity index (χ2v) is 2.68. The first-order chi connectivity index (χ1) is 5.36. The van der Waals surface area contributed by atoms with Crippen molar-refractivity contribution in [2.45, 2.75) is 0 Å². The molecule has 0 bridgehead atoms. The average molecular weight is 449 g/mol. The summed E-state index contributed by atoms with van der Waals surface area (Å²) in [5.41, 5.74) is 1.07. The quantitative estimate of drug-likeness (QED) is 0.536. The summed E-state index contributed by atoms with van der Waals surface area (Å²) in [6.07, 6.45) is 0. The molecular formula is C13H15La2-3. The molecule has 0 aliphatic rings. The standard InChI is InChI=1S/C11H9.2CH3.2La/c1-9-6-7-10-4-2-3-5-11(10)8-9;;;;/h2-8H,1H2;2*1H3;;/q3*-1;;. The Kier molecular flexibility index (Phi) is 14.4. The molecule has 2 heteroatoms. The maximum atomic E-state index is 3.87. The van der Waals surface area contributed by atoms with Crippen molar-refractivity contribution in [2.24, 2.45) is 0 Å². The zero-order valence-corrected chi connectivity index (χ0v) is 16.7. The van der Waals surface area contributed by atoms with Crippen LogP contribution in [0.2, 0.25) is 0 Å². The minimum atomic E-state index is 0. The minimum absolute atomic E-state index is 0. The van der Waals surface area contributed by atoms with E-state index in [4.69, 9.17) is 0 Å². The number of hydrogen-bond donors (Lipinski definition) is 0. The summed E-state index contributed by atoms with van der Waals surface area (Å²) in [6.45, 7) is 3.87. The fourth-order valence-corrected chi connectivity index (χ4v) is 1.24. The molecule has 2 radical (unpaired) electrons. The average Bonchev–Trinajstić information content (AvgIpc) is 2.04. The smallest absolute Gasteiger partial charge is 0 e. The molecule has 0 N–H and O–H groups in total. The number of rotatable bonds is 0. The summed E-state index contributed by atoms with van der Waals surface area (Å²) < 4.78 is 0. The maximum absolute atomic E-state index is 3.87. The van der Waals surface area contributed by atoms with E-state index < -0.39 is 0 Å². The first-order valence-corrected chi connectivity index (χ1v) is 3.67. The summed E-state index contributed by atoms with van der Waals surface area (Å²) in [4.78, 5) is 0. The molecule has 0 heterocycles. The molecule has 0 spiro atoms. The van der Waals surface area contributed by atoms with Gasteiger partial charge in [-0.2, -0.15) is 24.6 Å². The molecule has 0 atom stereocenters. The van der Waals surface area contributed by atoms with Gasteiger partial charge in [0.25, 0.3) is 0 Å². The SMILES string of the molecule is [CH2-]c1ccc2ccccc2c1.[CH3-].[CH3-].[La].[La]. The van der Waals surface area contributed by atoms with Gasteiger partial charge in [0.2, 0.25) is 0 Å². The molecule has 0 amide bonds. The molecule has 0 nitrogen and oxygen atoms in total. The summed E-state index contributed by atoms with van der Waals surface area (Å²) in [5, 5.41) is 2.54. The van der Waals surface area contributed by atoms with E-state index in [9.17, 15) is 0 Å². The van der Waals surface area contributed by atoms with Gasteiger partial charge >= 0.3 is 0 Å². The molecule has 0 unspecified atom stereocenters. The second kappa shape index (κ2) is 10.1. The van der Waals surface area contributed by atoms with E-state index >= 15 is 0 Å². The van der Waals surface area contributed by atoms with Crippen LogP contribution < -0.4 is 0 Å². The van der Waals surface area contributed by atoms with Gasteiger partial charge in [0, 0.05) is 71.2 Å². The zero-order chi connectivity index (χ0) is 7.68. The van der Waals surface area contributed by atoms with Crippen LogP contribution in [0.3, 0.4) is 0 Å².